The van der Waals surface area contributed by atoms with Gasteiger partial charge in [0.1, 0.15) is 11.6 Å². The van der Waals surface area contributed by atoms with Gasteiger partial charge in [-0.2, -0.15) is 0 Å². The highest BCUT2D eigenvalue weighted by atomic mass is 16.5. The highest BCUT2D eigenvalue weighted by molar-refractivity contribution is 5.56. The lowest BCUT2D eigenvalue weighted by Crippen LogP contribution is -2.43. The van der Waals surface area contributed by atoms with E-state index in [9.17, 15) is 0 Å². The van der Waals surface area contributed by atoms with E-state index < -0.39 is 0 Å². The van der Waals surface area contributed by atoms with Crippen LogP contribution in [-0.4, -0.2) is 17.6 Å². The lowest BCUT2D eigenvalue weighted by molar-refractivity contribution is 0.279. The summed E-state index contributed by atoms with van der Waals surface area (Å²) in [7, 11) is 0. The number of ether oxygens (including phenoxy) is 1. The van der Waals surface area contributed by atoms with E-state index in [-0.39, 0.29) is 0 Å². The van der Waals surface area contributed by atoms with Crippen molar-refractivity contribution in [1.29, 1.82) is 0 Å². The third-order valence-corrected chi connectivity index (χ3v) is 5.33. The third kappa shape index (κ3) is 4.99. The van der Waals surface area contributed by atoms with E-state index in [2.05, 4.69) is 59.1 Å². The van der Waals surface area contributed by atoms with Gasteiger partial charge in [-0.25, -0.2) is 4.98 Å². The molecule has 1 aromatic heterocycles. The predicted octanol–water partition coefficient (Wildman–Crippen LogP) is 6.16. The molecule has 1 aliphatic rings. The number of anilines is 1. The Labute approximate surface area is 154 Å². The normalized spacial score (nSPS) is 20.9. The Bertz CT molecular complexity index is 575. The van der Waals surface area contributed by atoms with Crippen LogP contribution in [0.5, 0.6) is 5.75 Å². The quantitative estimate of drug-likeness (QED) is 0.536. The molecule has 3 nitrogen and oxygen atoms in total. The second-order valence-corrected chi connectivity index (χ2v) is 8.26. The van der Waals surface area contributed by atoms with Crippen LogP contribution in [0.15, 0.2) is 24.5 Å². The Morgan fingerprint density at radius 3 is 2.56 bits per heavy atom. The van der Waals surface area contributed by atoms with Gasteiger partial charge < -0.3 is 9.64 Å². The number of aromatic nitrogens is 1. The Kier molecular flexibility index (Phi) is 6.92. The van der Waals surface area contributed by atoms with Crippen molar-refractivity contribution in [3.8, 4) is 5.75 Å². The van der Waals surface area contributed by atoms with Crippen molar-refractivity contribution in [2.45, 2.75) is 79.2 Å². The molecule has 140 valence electrons. The van der Waals surface area contributed by atoms with Crippen molar-refractivity contribution < 1.29 is 4.74 Å². The van der Waals surface area contributed by atoms with Crippen LogP contribution >= 0.6 is 0 Å². The fourth-order valence-electron chi connectivity index (χ4n) is 3.47. The molecule has 0 amide bonds. The van der Waals surface area contributed by atoms with Crippen molar-refractivity contribution >= 4 is 5.82 Å². The van der Waals surface area contributed by atoms with Gasteiger partial charge in [0.2, 0.25) is 0 Å². The van der Waals surface area contributed by atoms with Crippen LogP contribution in [-0.2, 0) is 0 Å². The monoisotopic (exact) mass is 344 g/mol. The number of rotatable bonds is 9. The van der Waals surface area contributed by atoms with Crippen molar-refractivity contribution in [2.24, 2.45) is 11.8 Å². The molecule has 0 N–H and O–H groups in total. The van der Waals surface area contributed by atoms with E-state index in [4.69, 9.17) is 9.72 Å². The molecule has 1 saturated carbocycles. The van der Waals surface area contributed by atoms with Gasteiger partial charge in [-0.1, -0.05) is 41.2 Å². The summed E-state index contributed by atoms with van der Waals surface area (Å²) < 4.78 is 5.96. The Morgan fingerprint density at radius 1 is 1.36 bits per heavy atom. The minimum atomic E-state index is 0.454. The van der Waals surface area contributed by atoms with E-state index in [0.29, 0.717) is 17.9 Å². The summed E-state index contributed by atoms with van der Waals surface area (Å²) in [5.74, 6) is 3.88. The predicted molar refractivity (Wildman–Crippen MR) is 107 cm³/mol. The highest BCUT2D eigenvalue weighted by Crippen LogP contribution is 2.39. The Hall–Kier alpha value is -1.51. The standard InChI is InChI=1S/C22H36N2O/c1-8-18(7)21-13-20(25-10-9-15(2)3)14-23-22(21)24(16(4)5)19-11-17(6)12-19/h13-15,17-19H,4,8-12H2,1-3,5-7H3. The van der Waals surface area contributed by atoms with Gasteiger partial charge in [-0.05, 0) is 56.4 Å². The fraction of sp³-hybridized carbons (Fsp3) is 0.682. The zero-order valence-corrected chi connectivity index (χ0v) is 17.0. The molecule has 0 saturated heterocycles. The molecule has 1 atom stereocenters. The number of pyridine rings is 1. The number of hydrogen-bond acceptors (Lipinski definition) is 3. The van der Waals surface area contributed by atoms with Crippen LogP contribution in [0, 0.1) is 11.8 Å². The fourth-order valence-corrected chi connectivity index (χ4v) is 3.47. The average Bonchev–Trinajstić information content (AvgIpc) is 2.53. The molecule has 3 heteroatoms. The maximum absolute atomic E-state index is 5.96. The summed E-state index contributed by atoms with van der Waals surface area (Å²) in [6, 6.07) is 2.74. The van der Waals surface area contributed by atoms with Crippen molar-refractivity contribution in [3.05, 3.63) is 30.1 Å². The van der Waals surface area contributed by atoms with Crippen LogP contribution < -0.4 is 9.64 Å². The lowest BCUT2D eigenvalue weighted by Gasteiger charge is -2.43. The van der Waals surface area contributed by atoms with E-state index >= 15 is 0 Å². The zero-order chi connectivity index (χ0) is 18.6. The lowest BCUT2D eigenvalue weighted by atomic mass is 9.80. The van der Waals surface area contributed by atoms with Gasteiger partial charge in [-0.3, -0.25) is 0 Å². The summed E-state index contributed by atoms with van der Waals surface area (Å²) in [6.45, 7) is 18.4. The molecule has 2 rings (SSSR count). The van der Waals surface area contributed by atoms with Crippen molar-refractivity contribution in [3.63, 3.8) is 0 Å². The molecular formula is C22H36N2O. The van der Waals surface area contributed by atoms with Crippen LogP contribution in [0.4, 0.5) is 5.82 Å². The van der Waals surface area contributed by atoms with Gasteiger partial charge in [-0.15, -0.1) is 0 Å². The van der Waals surface area contributed by atoms with Crippen LogP contribution in [0.25, 0.3) is 0 Å². The summed E-state index contributed by atoms with van der Waals surface area (Å²) in [5.41, 5.74) is 2.37. The molecule has 1 heterocycles. The molecular weight excluding hydrogens is 308 g/mol. The molecule has 1 unspecified atom stereocenters. The van der Waals surface area contributed by atoms with Gasteiger partial charge >= 0.3 is 0 Å². The van der Waals surface area contributed by atoms with Crippen LogP contribution in [0.3, 0.4) is 0 Å². The number of nitrogens with zero attached hydrogens (tertiary/aromatic N) is 2. The molecule has 0 aliphatic heterocycles. The first-order chi connectivity index (χ1) is 11.8. The summed E-state index contributed by atoms with van der Waals surface area (Å²) in [5, 5.41) is 0. The topological polar surface area (TPSA) is 25.4 Å². The second kappa shape index (κ2) is 8.73. The first-order valence-electron chi connectivity index (χ1n) is 9.90. The number of allylic oxidation sites excluding steroid dienone is 1. The van der Waals surface area contributed by atoms with Gasteiger partial charge in [0, 0.05) is 17.3 Å². The minimum absolute atomic E-state index is 0.454. The maximum atomic E-state index is 5.96. The summed E-state index contributed by atoms with van der Waals surface area (Å²) >= 11 is 0. The summed E-state index contributed by atoms with van der Waals surface area (Å²) in [4.78, 5) is 7.20. The van der Waals surface area contributed by atoms with Crippen LogP contribution in [0.1, 0.15) is 78.7 Å². The average molecular weight is 345 g/mol. The first-order valence-corrected chi connectivity index (χ1v) is 9.90. The zero-order valence-electron chi connectivity index (χ0n) is 17.0. The van der Waals surface area contributed by atoms with Gasteiger partial charge in [0.25, 0.3) is 0 Å². The molecule has 25 heavy (non-hydrogen) atoms. The van der Waals surface area contributed by atoms with E-state index in [1.807, 2.05) is 6.20 Å². The van der Waals surface area contributed by atoms with Crippen molar-refractivity contribution in [2.75, 3.05) is 11.5 Å². The largest absolute Gasteiger partial charge is 0.492 e. The smallest absolute Gasteiger partial charge is 0.138 e. The SMILES string of the molecule is C=C(C)N(c1ncc(OCCC(C)C)cc1C(C)CC)C1CC(C)C1. The van der Waals surface area contributed by atoms with Crippen LogP contribution in [0.2, 0.25) is 0 Å². The maximum Gasteiger partial charge on any atom is 0.138 e. The molecule has 1 aromatic rings. The summed E-state index contributed by atoms with van der Waals surface area (Å²) in [6.07, 6.45) is 6.50. The van der Waals surface area contributed by atoms with E-state index in [0.717, 1.165) is 42.6 Å². The third-order valence-electron chi connectivity index (χ3n) is 5.33. The molecule has 0 bridgehead atoms. The molecule has 0 aromatic carbocycles. The van der Waals surface area contributed by atoms with Gasteiger partial charge in [0.15, 0.2) is 0 Å². The molecule has 0 radical (unpaired) electrons. The molecule has 1 aliphatic carbocycles. The molecule has 0 spiro atoms. The Morgan fingerprint density at radius 2 is 2.04 bits per heavy atom. The molecule has 1 fully saturated rings. The van der Waals surface area contributed by atoms with E-state index in [1.165, 1.54) is 18.4 Å². The van der Waals surface area contributed by atoms with E-state index in [1.54, 1.807) is 0 Å². The highest BCUT2D eigenvalue weighted by Gasteiger charge is 2.33. The second-order valence-electron chi connectivity index (χ2n) is 8.26. The van der Waals surface area contributed by atoms with Gasteiger partial charge in [0.05, 0.1) is 12.8 Å². The minimum Gasteiger partial charge on any atom is -0.492 e. The van der Waals surface area contributed by atoms with Crippen molar-refractivity contribution in [1.82, 2.24) is 4.98 Å². The first kappa shape index (κ1) is 19.8. The number of hydrogen-bond donors (Lipinski definition) is 0. The Balaban J connectivity index is 2.27.